The number of carbonyl (C=O) groups is 1. The number of rotatable bonds is 4. The molecule has 1 aromatic heterocycles. The van der Waals surface area contributed by atoms with Gasteiger partial charge in [-0.2, -0.15) is 0 Å². The number of hydrogen-bond donors (Lipinski definition) is 0. The zero-order valence-corrected chi connectivity index (χ0v) is 14.2. The molecule has 0 saturated heterocycles. The fourth-order valence-electron chi connectivity index (χ4n) is 2.43. The Morgan fingerprint density at radius 3 is 2.04 bits per heavy atom. The lowest BCUT2D eigenvalue weighted by Crippen LogP contribution is -1.99. The zero-order valence-electron chi connectivity index (χ0n) is 13.4. The van der Waals surface area contributed by atoms with Crippen LogP contribution in [0.25, 0.3) is 11.3 Å². The van der Waals surface area contributed by atoms with Crippen molar-refractivity contribution in [1.82, 2.24) is 4.98 Å². The highest BCUT2D eigenvalue weighted by molar-refractivity contribution is 6.30. The number of benzene rings is 2. The van der Waals surface area contributed by atoms with Crippen molar-refractivity contribution >= 4 is 17.4 Å². The summed E-state index contributed by atoms with van der Waals surface area (Å²) in [6.45, 7) is 3.39. The van der Waals surface area contributed by atoms with Gasteiger partial charge in [-0.15, -0.1) is 0 Å². The van der Waals surface area contributed by atoms with Crippen LogP contribution in [0, 0.1) is 6.92 Å². The van der Waals surface area contributed by atoms with E-state index in [4.69, 9.17) is 16.3 Å². The number of aromatic nitrogens is 1. The van der Waals surface area contributed by atoms with Gasteiger partial charge in [0.25, 0.3) is 0 Å². The number of pyridine rings is 1. The van der Waals surface area contributed by atoms with Crippen LogP contribution in [0.3, 0.4) is 0 Å². The van der Waals surface area contributed by atoms with Crippen molar-refractivity contribution in [3.63, 3.8) is 0 Å². The van der Waals surface area contributed by atoms with Crippen LogP contribution in [0.4, 0.5) is 0 Å². The maximum absolute atomic E-state index is 11.5. The van der Waals surface area contributed by atoms with Crippen molar-refractivity contribution in [2.75, 3.05) is 0 Å². The molecule has 0 unspecified atom stereocenters. The van der Waals surface area contributed by atoms with Gasteiger partial charge in [-0.05, 0) is 74.5 Å². The molecule has 0 bridgehead atoms. The minimum Gasteiger partial charge on any atom is -0.457 e. The molecular weight excluding hydrogens is 322 g/mol. The lowest BCUT2D eigenvalue weighted by molar-refractivity contribution is 0.101. The van der Waals surface area contributed by atoms with E-state index in [0.29, 0.717) is 10.6 Å². The van der Waals surface area contributed by atoms with E-state index >= 15 is 0 Å². The van der Waals surface area contributed by atoms with Gasteiger partial charge in [0.2, 0.25) is 0 Å². The minimum absolute atomic E-state index is 0.0262. The average molecular weight is 338 g/mol. The van der Waals surface area contributed by atoms with Gasteiger partial charge < -0.3 is 4.74 Å². The highest BCUT2D eigenvalue weighted by atomic mass is 35.5. The number of halogens is 1. The highest BCUT2D eigenvalue weighted by Gasteiger charge is 2.07. The molecule has 120 valence electrons. The monoisotopic (exact) mass is 337 g/mol. The normalized spacial score (nSPS) is 10.5. The van der Waals surface area contributed by atoms with Gasteiger partial charge in [0.1, 0.15) is 11.5 Å². The summed E-state index contributed by atoms with van der Waals surface area (Å²) in [4.78, 5) is 16.0. The largest absolute Gasteiger partial charge is 0.457 e. The van der Waals surface area contributed by atoms with E-state index < -0.39 is 0 Å². The maximum atomic E-state index is 11.5. The van der Waals surface area contributed by atoms with Gasteiger partial charge in [-0.3, -0.25) is 9.78 Å². The fourth-order valence-corrected chi connectivity index (χ4v) is 2.55. The Morgan fingerprint density at radius 2 is 1.50 bits per heavy atom. The Morgan fingerprint density at radius 1 is 0.917 bits per heavy atom. The van der Waals surface area contributed by atoms with Crippen molar-refractivity contribution in [1.29, 1.82) is 0 Å². The molecule has 3 aromatic rings. The quantitative estimate of drug-likeness (QED) is 0.573. The van der Waals surface area contributed by atoms with Gasteiger partial charge in [0.15, 0.2) is 5.78 Å². The van der Waals surface area contributed by atoms with E-state index in [1.807, 2.05) is 55.5 Å². The Hall–Kier alpha value is -2.65. The first-order valence-corrected chi connectivity index (χ1v) is 7.93. The van der Waals surface area contributed by atoms with E-state index in [2.05, 4.69) is 4.98 Å². The summed E-state index contributed by atoms with van der Waals surface area (Å²) in [6, 6.07) is 18.6. The first kappa shape index (κ1) is 16.2. The Balaban J connectivity index is 1.80. The number of hydrogen-bond acceptors (Lipinski definition) is 3. The first-order chi connectivity index (χ1) is 11.5. The number of nitrogens with zero attached hydrogens (tertiary/aromatic N) is 1. The van der Waals surface area contributed by atoms with E-state index in [-0.39, 0.29) is 5.78 Å². The second-order valence-electron chi connectivity index (χ2n) is 5.47. The number of ether oxygens (including phenoxy) is 1. The average Bonchev–Trinajstić information content (AvgIpc) is 2.57. The van der Waals surface area contributed by atoms with Crippen molar-refractivity contribution in [3.05, 3.63) is 76.9 Å². The van der Waals surface area contributed by atoms with Gasteiger partial charge >= 0.3 is 0 Å². The third-order valence-corrected chi connectivity index (χ3v) is 3.92. The number of ketones is 1. The van der Waals surface area contributed by atoms with Gasteiger partial charge in [-0.1, -0.05) is 11.6 Å². The molecule has 0 aliphatic rings. The topological polar surface area (TPSA) is 39.2 Å². The molecule has 0 aliphatic carbocycles. The van der Waals surface area contributed by atoms with Crippen LogP contribution in [0.5, 0.6) is 11.5 Å². The van der Waals surface area contributed by atoms with Crippen LogP contribution in [-0.2, 0) is 0 Å². The standard InChI is InChI=1S/C20H16ClNO2/c1-13-19(14(2)23)11-12-20(22-13)15-3-7-17(8-4-15)24-18-9-5-16(21)6-10-18/h3-12H,1-2H3. The molecule has 0 fully saturated rings. The van der Waals surface area contributed by atoms with Crippen LogP contribution in [0.2, 0.25) is 5.02 Å². The predicted molar refractivity (Wildman–Crippen MR) is 95.9 cm³/mol. The molecule has 24 heavy (non-hydrogen) atoms. The summed E-state index contributed by atoms with van der Waals surface area (Å²) in [7, 11) is 0. The lowest BCUT2D eigenvalue weighted by atomic mass is 10.1. The Bertz CT molecular complexity index is 871. The van der Waals surface area contributed by atoms with Crippen LogP contribution < -0.4 is 4.74 Å². The third kappa shape index (κ3) is 3.63. The van der Waals surface area contributed by atoms with Crippen LogP contribution in [-0.4, -0.2) is 10.8 Å². The van der Waals surface area contributed by atoms with Crippen molar-refractivity contribution in [3.8, 4) is 22.8 Å². The van der Waals surface area contributed by atoms with Crippen molar-refractivity contribution in [2.45, 2.75) is 13.8 Å². The second kappa shape index (κ2) is 6.85. The number of carbonyl (C=O) groups excluding carboxylic acids is 1. The Kier molecular flexibility index (Phi) is 4.63. The molecule has 4 heteroatoms. The summed E-state index contributed by atoms with van der Waals surface area (Å²) >= 11 is 5.86. The van der Waals surface area contributed by atoms with Crippen molar-refractivity contribution < 1.29 is 9.53 Å². The molecule has 0 atom stereocenters. The minimum atomic E-state index is 0.0262. The van der Waals surface area contributed by atoms with E-state index in [9.17, 15) is 4.79 Å². The van der Waals surface area contributed by atoms with E-state index in [1.54, 1.807) is 19.1 Å². The summed E-state index contributed by atoms with van der Waals surface area (Å²) in [5, 5.41) is 0.674. The molecule has 0 N–H and O–H groups in total. The molecular formula is C20H16ClNO2. The third-order valence-electron chi connectivity index (χ3n) is 3.66. The van der Waals surface area contributed by atoms with Crippen LogP contribution in [0.1, 0.15) is 23.0 Å². The first-order valence-electron chi connectivity index (χ1n) is 7.55. The smallest absolute Gasteiger partial charge is 0.161 e. The zero-order chi connectivity index (χ0) is 17.1. The van der Waals surface area contributed by atoms with Gasteiger partial charge in [0.05, 0.1) is 5.69 Å². The SMILES string of the molecule is CC(=O)c1ccc(-c2ccc(Oc3ccc(Cl)cc3)cc2)nc1C. The van der Waals surface area contributed by atoms with E-state index in [1.165, 1.54) is 0 Å². The highest BCUT2D eigenvalue weighted by Crippen LogP contribution is 2.26. The molecule has 0 saturated carbocycles. The van der Waals surface area contributed by atoms with Crippen LogP contribution in [0.15, 0.2) is 60.7 Å². The van der Waals surface area contributed by atoms with Crippen molar-refractivity contribution in [2.24, 2.45) is 0 Å². The molecule has 0 radical (unpaired) electrons. The van der Waals surface area contributed by atoms with Gasteiger partial charge in [-0.25, -0.2) is 0 Å². The fraction of sp³-hybridized carbons (Fsp3) is 0.100. The van der Waals surface area contributed by atoms with Crippen LogP contribution >= 0.6 is 11.6 Å². The second-order valence-corrected chi connectivity index (χ2v) is 5.90. The molecule has 1 heterocycles. The lowest BCUT2D eigenvalue weighted by Gasteiger charge is -2.08. The summed E-state index contributed by atoms with van der Waals surface area (Å²) in [5.74, 6) is 1.49. The summed E-state index contributed by atoms with van der Waals surface area (Å²) in [5.41, 5.74) is 3.19. The van der Waals surface area contributed by atoms with E-state index in [0.717, 1.165) is 28.5 Å². The molecule has 3 rings (SSSR count). The number of aryl methyl sites for hydroxylation is 1. The summed E-state index contributed by atoms with van der Waals surface area (Å²) in [6.07, 6.45) is 0. The predicted octanol–water partition coefficient (Wildman–Crippen LogP) is 5.71. The molecule has 2 aromatic carbocycles. The molecule has 3 nitrogen and oxygen atoms in total. The number of Topliss-reactive ketones (excluding diaryl/α,β-unsaturated/α-hetero) is 1. The Labute approximate surface area is 145 Å². The molecule has 0 spiro atoms. The maximum Gasteiger partial charge on any atom is 0.161 e. The summed E-state index contributed by atoms with van der Waals surface area (Å²) < 4.78 is 5.77. The molecule has 0 amide bonds. The van der Waals surface area contributed by atoms with Gasteiger partial charge in [0, 0.05) is 21.8 Å². The molecule has 0 aliphatic heterocycles.